The fourth-order valence-corrected chi connectivity index (χ4v) is 2.24. The smallest absolute Gasteiger partial charge is 0.478 e. The Morgan fingerprint density at radius 3 is 2.56 bits per heavy atom. The van der Waals surface area contributed by atoms with E-state index in [0.717, 1.165) is 0 Å². The summed E-state index contributed by atoms with van der Waals surface area (Å²) in [7, 11) is 0. The van der Waals surface area contributed by atoms with Crippen molar-refractivity contribution in [3.63, 3.8) is 0 Å². The van der Waals surface area contributed by atoms with Crippen molar-refractivity contribution in [1.29, 1.82) is 0 Å². The molecule has 0 aliphatic heterocycles. The van der Waals surface area contributed by atoms with Crippen molar-refractivity contribution in [1.82, 2.24) is 10.1 Å². The van der Waals surface area contributed by atoms with Crippen LogP contribution in [0.3, 0.4) is 0 Å². The normalized spacial score (nSPS) is 17.4. The van der Waals surface area contributed by atoms with E-state index in [1.165, 1.54) is 42.5 Å². The fourth-order valence-electron chi connectivity index (χ4n) is 2.24. The molecule has 130 valence electrons. The zero-order chi connectivity index (χ0) is 18.0. The van der Waals surface area contributed by atoms with E-state index in [0.29, 0.717) is 11.1 Å². The van der Waals surface area contributed by atoms with Crippen LogP contribution >= 0.6 is 0 Å². The van der Waals surface area contributed by atoms with Crippen molar-refractivity contribution in [3.8, 4) is 11.5 Å². The molecular formula is C16H11F3N2O4. The van der Waals surface area contributed by atoms with Gasteiger partial charge in [0.25, 0.3) is 5.89 Å². The summed E-state index contributed by atoms with van der Waals surface area (Å²) in [5.74, 6) is -0.653. The molecule has 0 radical (unpaired) electrons. The molecule has 1 N–H and O–H groups in total. The second-order valence-corrected chi connectivity index (χ2v) is 5.16. The van der Waals surface area contributed by atoms with Crippen LogP contribution in [0.1, 0.15) is 22.6 Å². The first-order valence-electron chi connectivity index (χ1n) is 7.12. The molecule has 1 heterocycles. The number of hydrogen-bond donors (Lipinski definition) is 1. The summed E-state index contributed by atoms with van der Waals surface area (Å²) in [4.78, 5) is 15.0. The molecule has 3 rings (SSSR count). The second-order valence-electron chi connectivity index (χ2n) is 5.16. The lowest BCUT2D eigenvalue weighted by atomic mass is 10.0. The number of allylic oxidation sites excluding steroid dienone is 2. The van der Waals surface area contributed by atoms with Crippen LogP contribution in [-0.4, -0.2) is 33.7 Å². The zero-order valence-corrected chi connectivity index (χ0v) is 12.5. The number of alkyl halides is 3. The maximum absolute atomic E-state index is 12.2. The fraction of sp³-hybridized carbons (Fsp3) is 0.188. The van der Waals surface area contributed by atoms with Gasteiger partial charge in [0, 0.05) is 11.1 Å². The summed E-state index contributed by atoms with van der Waals surface area (Å²) < 4.78 is 45.6. The molecule has 9 heteroatoms. The molecule has 1 aliphatic carbocycles. The highest BCUT2D eigenvalue weighted by Gasteiger charge is 2.33. The molecule has 0 amide bonds. The van der Waals surface area contributed by atoms with E-state index in [9.17, 15) is 18.0 Å². The Morgan fingerprint density at radius 1 is 1.28 bits per heavy atom. The maximum atomic E-state index is 12.2. The number of benzene rings is 1. The van der Waals surface area contributed by atoms with Gasteiger partial charge in [0.15, 0.2) is 0 Å². The summed E-state index contributed by atoms with van der Waals surface area (Å²) in [6, 6.07) is 5.86. The third-order valence-electron chi connectivity index (χ3n) is 3.41. The number of hydrogen-bond acceptors (Lipinski definition) is 5. The molecule has 1 aromatic carbocycles. The average Bonchev–Trinajstić information content (AvgIpc) is 3.04. The van der Waals surface area contributed by atoms with E-state index >= 15 is 0 Å². The van der Waals surface area contributed by atoms with Crippen molar-refractivity contribution < 1.29 is 32.3 Å². The second kappa shape index (κ2) is 6.52. The van der Waals surface area contributed by atoms with Crippen molar-refractivity contribution in [2.24, 2.45) is 0 Å². The number of carbonyl (C=O) groups is 1. The molecule has 25 heavy (non-hydrogen) atoms. The van der Waals surface area contributed by atoms with Crippen LogP contribution in [0.15, 0.2) is 47.0 Å². The Labute approximate surface area is 139 Å². The standard InChI is InChI=1S/C16H11F3N2O4/c17-16(18,19)24-12-7-5-9(6-8-12)13-20-14(25-21-13)10-1-3-11(4-2-10)15(22)23/h1-7,12H,8H2,(H,22,23). The van der Waals surface area contributed by atoms with E-state index in [4.69, 9.17) is 9.63 Å². The predicted octanol–water partition coefficient (Wildman–Crippen LogP) is 3.68. The third-order valence-corrected chi connectivity index (χ3v) is 3.41. The van der Waals surface area contributed by atoms with Gasteiger partial charge < -0.3 is 9.63 Å². The minimum absolute atomic E-state index is 0.0303. The van der Waals surface area contributed by atoms with Crippen LogP contribution in [-0.2, 0) is 4.74 Å². The lowest BCUT2D eigenvalue weighted by Gasteiger charge is -2.17. The van der Waals surface area contributed by atoms with Crippen molar-refractivity contribution >= 4 is 11.5 Å². The van der Waals surface area contributed by atoms with Crippen LogP contribution in [0, 0.1) is 0 Å². The highest BCUT2D eigenvalue weighted by molar-refractivity contribution is 5.88. The van der Waals surface area contributed by atoms with Crippen LogP contribution in [0.5, 0.6) is 0 Å². The number of halogens is 3. The van der Waals surface area contributed by atoms with Gasteiger partial charge in [-0.15, -0.1) is 13.2 Å². The summed E-state index contributed by atoms with van der Waals surface area (Å²) >= 11 is 0. The van der Waals surface area contributed by atoms with E-state index in [-0.39, 0.29) is 23.7 Å². The minimum Gasteiger partial charge on any atom is -0.478 e. The molecule has 0 saturated heterocycles. The van der Waals surface area contributed by atoms with Gasteiger partial charge in [-0.1, -0.05) is 23.4 Å². The van der Waals surface area contributed by atoms with Crippen LogP contribution in [0.2, 0.25) is 0 Å². The first-order chi connectivity index (χ1) is 11.8. The Hall–Kier alpha value is -2.94. The molecule has 1 aliphatic rings. The Balaban J connectivity index is 1.72. The SMILES string of the molecule is O=C(O)c1ccc(-c2nc(C3=CCC(OC(F)(F)F)C=C3)no2)cc1. The number of ether oxygens (including phenoxy) is 1. The topological polar surface area (TPSA) is 85.5 Å². The predicted molar refractivity (Wildman–Crippen MR) is 79.4 cm³/mol. The summed E-state index contributed by atoms with van der Waals surface area (Å²) in [5.41, 5.74) is 1.17. The van der Waals surface area contributed by atoms with Crippen molar-refractivity contribution in [3.05, 3.63) is 53.9 Å². The minimum atomic E-state index is -4.69. The number of nitrogens with zero attached hydrogens (tertiary/aromatic N) is 2. The number of aromatic carboxylic acids is 1. The van der Waals surface area contributed by atoms with Gasteiger partial charge in [0.2, 0.25) is 5.82 Å². The lowest BCUT2D eigenvalue weighted by molar-refractivity contribution is -0.335. The molecule has 0 fully saturated rings. The highest BCUT2D eigenvalue weighted by atomic mass is 19.4. The molecule has 2 aromatic rings. The van der Waals surface area contributed by atoms with Gasteiger partial charge in [-0.2, -0.15) is 4.98 Å². The summed E-state index contributed by atoms with van der Waals surface area (Å²) in [5, 5.41) is 12.7. The molecule has 0 bridgehead atoms. The maximum Gasteiger partial charge on any atom is 0.523 e. The first-order valence-corrected chi connectivity index (χ1v) is 7.12. The summed E-state index contributed by atoms with van der Waals surface area (Å²) in [6.45, 7) is 0. The quantitative estimate of drug-likeness (QED) is 0.903. The average molecular weight is 352 g/mol. The Bertz CT molecular complexity index is 838. The lowest BCUT2D eigenvalue weighted by Crippen LogP contribution is -2.22. The highest BCUT2D eigenvalue weighted by Crippen LogP contribution is 2.27. The molecular weight excluding hydrogens is 341 g/mol. The Morgan fingerprint density at radius 2 is 2.00 bits per heavy atom. The van der Waals surface area contributed by atoms with E-state index in [1.54, 1.807) is 0 Å². The molecule has 6 nitrogen and oxygen atoms in total. The monoisotopic (exact) mass is 352 g/mol. The van der Waals surface area contributed by atoms with Crippen molar-refractivity contribution in [2.75, 3.05) is 0 Å². The summed E-state index contributed by atoms with van der Waals surface area (Å²) in [6.07, 6.45) is -1.51. The van der Waals surface area contributed by atoms with Crippen LogP contribution < -0.4 is 0 Å². The number of carboxylic acids is 1. The van der Waals surface area contributed by atoms with Gasteiger partial charge >= 0.3 is 12.3 Å². The molecule has 1 atom stereocenters. The first kappa shape index (κ1) is 16.9. The van der Waals surface area contributed by atoms with Crippen LogP contribution in [0.25, 0.3) is 17.0 Å². The van der Waals surface area contributed by atoms with Gasteiger partial charge in [-0.3, -0.25) is 4.74 Å². The van der Waals surface area contributed by atoms with Crippen LogP contribution in [0.4, 0.5) is 13.2 Å². The number of rotatable bonds is 4. The molecule has 1 aromatic heterocycles. The van der Waals surface area contributed by atoms with E-state index in [1.807, 2.05) is 0 Å². The molecule has 0 spiro atoms. The largest absolute Gasteiger partial charge is 0.523 e. The van der Waals surface area contributed by atoms with Gasteiger partial charge in [-0.25, -0.2) is 4.79 Å². The number of aromatic nitrogens is 2. The Kier molecular flexibility index (Phi) is 4.41. The van der Waals surface area contributed by atoms with Gasteiger partial charge in [0.05, 0.1) is 11.7 Å². The van der Waals surface area contributed by atoms with Crippen molar-refractivity contribution in [2.45, 2.75) is 18.9 Å². The van der Waals surface area contributed by atoms with Gasteiger partial charge in [0.1, 0.15) is 0 Å². The van der Waals surface area contributed by atoms with E-state index in [2.05, 4.69) is 14.9 Å². The molecule has 0 saturated carbocycles. The number of carboxylic acid groups (broad SMARTS) is 1. The van der Waals surface area contributed by atoms with E-state index < -0.39 is 18.4 Å². The molecule has 1 unspecified atom stereocenters. The zero-order valence-electron chi connectivity index (χ0n) is 12.5. The third kappa shape index (κ3) is 4.13. The van der Waals surface area contributed by atoms with Gasteiger partial charge in [-0.05, 0) is 30.7 Å².